The highest BCUT2D eigenvalue weighted by molar-refractivity contribution is 5.80. The molecule has 1 atom stereocenters. The predicted octanol–water partition coefficient (Wildman–Crippen LogP) is 2.34. The fourth-order valence-electron chi connectivity index (χ4n) is 1.65. The fourth-order valence-corrected chi connectivity index (χ4v) is 1.65. The highest BCUT2D eigenvalue weighted by atomic mass is 16.5. The van der Waals surface area contributed by atoms with Crippen LogP contribution in [-0.4, -0.2) is 32.3 Å². The van der Waals surface area contributed by atoms with E-state index in [1.54, 1.807) is 14.0 Å². The lowest BCUT2D eigenvalue weighted by Gasteiger charge is -2.26. The molecule has 0 radical (unpaired) electrons. The standard InChI is InChI=1S/C15H23NO3/c1-11(2)12-7-6-8-13(9-12)19-10-15(3,16-4)14(17)18-5/h6-9,11,16H,10H2,1-5H3. The van der Waals surface area contributed by atoms with Crippen LogP contribution in [0.5, 0.6) is 5.75 Å². The summed E-state index contributed by atoms with van der Waals surface area (Å²) < 4.78 is 10.5. The topological polar surface area (TPSA) is 47.6 Å². The average Bonchev–Trinajstić information content (AvgIpc) is 2.44. The van der Waals surface area contributed by atoms with E-state index in [0.29, 0.717) is 5.92 Å². The number of carbonyl (C=O) groups excluding carboxylic acids is 1. The lowest BCUT2D eigenvalue weighted by atomic mass is 10.0. The summed E-state index contributed by atoms with van der Waals surface area (Å²) in [6.07, 6.45) is 0. The minimum absolute atomic E-state index is 0.220. The van der Waals surface area contributed by atoms with Crippen LogP contribution in [0.3, 0.4) is 0 Å². The van der Waals surface area contributed by atoms with Gasteiger partial charge in [-0.05, 0) is 37.6 Å². The van der Waals surface area contributed by atoms with E-state index < -0.39 is 5.54 Å². The molecule has 0 aliphatic heterocycles. The Morgan fingerprint density at radius 2 is 2.11 bits per heavy atom. The molecule has 1 aromatic carbocycles. The summed E-state index contributed by atoms with van der Waals surface area (Å²) >= 11 is 0. The van der Waals surface area contributed by atoms with Crippen molar-refractivity contribution in [1.29, 1.82) is 0 Å². The molecule has 4 nitrogen and oxygen atoms in total. The van der Waals surface area contributed by atoms with Gasteiger partial charge >= 0.3 is 5.97 Å². The molecular weight excluding hydrogens is 242 g/mol. The molecule has 0 spiro atoms. The number of benzene rings is 1. The summed E-state index contributed by atoms with van der Waals surface area (Å²) in [7, 11) is 3.09. The molecule has 1 N–H and O–H groups in total. The van der Waals surface area contributed by atoms with Crippen LogP contribution in [0, 0.1) is 0 Å². The molecule has 0 aliphatic rings. The van der Waals surface area contributed by atoms with Crippen molar-refractivity contribution in [2.24, 2.45) is 0 Å². The van der Waals surface area contributed by atoms with Crippen molar-refractivity contribution in [3.05, 3.63) is 29.8 Å². The van der Waals surface area contributed by atoms with Crippen LogP contribution in [0.25, 0.3) is 0 Å². The van der Waals surface area contributed by atoms with Gasteiger partial charge in [-0.25, -0.2) is 4.79 Å². The molecule has 106 valence electrons. The van der Waals surface area contributed by atoms with E-state index in [1.165, 1.54) is 12.7 Å². The van der Waals surface area contributed by atoms with Crippen molar-refractivity contribution < 1.29 is 14.3 Å². The smallest absolute Gasteiger partial charge is 0.329 e. The van der Waals surface area contributed by atoms with Crippen molar-refractivity contribution >= 4 is 5.97 Å². The second-order valence-corrected chi connectivity index (χ2v) is 5.09. The van der Waals surface area contributed by atoms with Gasteiger partial charge in [0.1, 0.15) is 17.9 Å². The van der Waals surface area contributed by atoms with Gasteiger partial charge in [-0.1, -0.05) is 26.0 Å². The van der Waals surface area contributed by atoms with E-state index in [2.05, 4.69) is 25.2 Å². The third kappa shape index (κ3) is 3.96. The van der Waals surface area contributed by atoms with Crippen LogP contribution in [-0.2, 0) is 9.53 Å². The molecule has 1 unspecified atom stereocenters. The van der Waals surface area contributed by atoms with Gasteiger partial charge in [0.15, 0.2) is 0 Å². The van der Waals surface area contributed by atoms with Gasteiger partial charge in [-0.15, -0.1) is 0 Å². The molecular formula is C15H23NO3. The van der Waals surface area contributed by atoms with Crippen LogP contribution in [0.15, 0.2) is 24.3 Å². The summed E-state index contributed by atoms with van der Waals surface area (Å²) in [5.74, 6) is 0.867. The summed E-state index contributed by atoms with van der Waals surface area (Å²) in [5, 5.41) is 2.94. The van der Waals surface area contributed by atoms with E-state index >= 15 is 0 Å². The first kappa shape index (κ1) is 15.5. The van der Waals surface area contributed by atoms with E-state index in [4.69, 9.17) is 9.47 Å². The molecule has 0 aromatic heterocycles. The Kier molecular flexibility index (Phi) is 5.36. The number of esters is 1. The highest BCUT2D eigenvalue weighted by Crippen LogP contribution is 2.21. The lowest BCUT2D eigenvalue weighted by Crippen LogP contribution is -2.52. The summed E-state index contributed by atoms with van der Waals surface area (Å²) in [6, 6.07) is 7.91. The van der Waals surface area contributed by atoms with Gasteiger partial charge in [-0.2, -0.15) is 0 Å². The van der Waals surface area contributed by atoms with Crippen LogP contribution in [0.2, 0.25) is 0 Å². The Balaban J connectivity index is 2.75. The number of rotatable bonds is 6. The zero-order chi connectivity index (χ0) is 14.5. The molecule has 19 heavy (non-hydrogen) atoms. The van der Waals surface area contributed by atoms with Crippen molar-refractivity contribution in [2.75, 3.05) is 20.8 Å². The van der Waals surface area contributed by atoms with Gasteiger partial charge in [0.25, 0.3) is 0 Å². The van der Waals surface area contributed by atoms with Gasteiger partial charge in [0.05, 0.1) is 7.11 Å². The molecule has 0 aliphatic carbocycles. The number of hydrogen-bond acceptors (Lipinski definition) is 4. The molecule has 0 saturated carbocycles. The maximum Gasteiger partial charge on any atom is 0.329 e. The molecule has 4 heteroatoms. The third-order valence-electron chi connectivity index (χ3n) is 3.24. The van der Waals surface area contributed by atoms with E-state index in [0.717, 1.165) is 5.75 Å². The number of nitrogens with one attached hydrogen (secondary N) is 1. The molecule has 0 amide bonds. The van der Waals surface area contributed by atoms with Crippen molar-refractivity contribution in [2.45, 2.75) is 32.2 Å². The predicted molar refractivity (Wildman–Crippen MR) is 75.5 cm³/mol. The van der Waals surface area contributed by atoms with Gasteiger partial charge in [0, 0.05) is 0 Å². The van der Waals surface area contributed by atoms with Crippen LogP contribution in [0.4, 0.5) is 0 Å². The largest absolute Gasteiger partial charge is 0.491 e. The minimum Gasteiger partial charge on any atom is -0.491 e. The zero-order valence-electron chi connectivity index (χ0n) is 12.3. The zero-order valence-corrected chi connectivity index (χ0v) is 12.3. The summed E-state index contributed by atoms with van der Waals surface area (Å²) in [5.41, 5.74) is 0.365. The first-order valence-corrected chi connectivity index (χ1v) is 6.43. The number of likely N-dealkylation sites (N-methyl/N-ethyl adjacent to an activating group) is 1. The number of hydrogen-bond donors (Lipinski definition) is 1. The molecule has 1 aromatic rings. The van der Waals surface area contributed by atoms with Crippen molar-refractivity contribution in [1.82, 2.24) is 5.32 Å². The van der Waals surface area contributed by atoms with Gasteiger partial charge in [-0.3, -0.25) is 0 Å². The number of ether oxygens (including phenoxy) is 2. The van der Waals surface area contributed by atoms with Crippen molar-refractivity contribution in [3.8, 4) is 5.75 Å². The molecule has 0 heterocycles. The lowest BCUT2D eigenvalue weighted by molar-refractivity contribution is -0.148. The fraction of sp³-hybridized carbons (Fsp3) is 0.533. The first-order chi connectivity index (χ1) is 8.92. The second kappa shape index (κ2) is 6.57. The monoisotopic (exact) mass is 265 g/mol. The Bertz CT molecular complexity index is 431. The Morgan fingerprint density at radius 3 is 2.63 bits per heavy atom. The van der Waals surface area contributed by atoms with Crippen LogP contribution < -0.4 is 10.1 Å². The second-order valence-electron chi connectivity index (χ2n) is 5.09. The summed E-state index contributed by atoms with van der Waals surface area (Å²) in [4.78, 5) is 11.7. The summed E-state index contributed by atoms with van der Waals surface area (Å²) in [6.45, 7) is 6.24. The number of methoxy groups -OCH3 is 1. The van der Waals surface area contributed by atoms with Crippen LogP contribution in [0.1, 0.15) is 32.3 Å². The van der Waals surface area contributed by atoms with E-state index in [9.17, 15) is 4.79 Å². The highest BCUT2D eigenvalue weighted by Gasteiger charge is 2.33. The Labute approximate surface area is 115 Å². The van der Waals surface area contributed by atoms with E-state index in [1.807, 2.05) is 18.2 Å². The molecule has 1 rings (SSSR count). The minimum atomic E-state index is -0.845. The van der Waals surface area contributed by atoms with Crippen LogP contribution >= 0.6 is 0 Å². The normalized spacial score (nSPS) is 14.0. The molecule has 0 saturated heterocycles. The van der Waals surface area contributed by atoms with Gasteiger partial charge in [0.2, 0.25) is 0 Å². The molecule has 0 fully saturated rings. The number of carbonyl (C=O) groups is 1. The van der Waals surface area contributed by atoms with Gasteiger partial charge < -0.3 is 14.8 Å². The van der Waals surface area contributed by atoms with Crippen molar-refractivity contribution in [3.63, 3.8) is 0 Å². The third-order valence-corrected chi connectivity index (χ3v) is 3.24. The molecule has 0 bridgehead atoms. The quantitative estimate of drug-likeness (QED) is 0.802. The Morgan fingerprint density at radius 1 is 1.42 bits per heavy atom. The first-order valence-electron chi connectivity index (χ1n) is 6.43. The Hall–Kier alpha value is -1.55. The SMILES string of the molecule is CNC(C)(COc1cccc(C(C)C)c1)C(=O)OC. The maximum atomic E-state index is 11.7. The van der Waals surface area contributed by atoms with E-state index in [-0.39, 0.29) is 12.6 Å². The maximum absolute atomic E-state index is 11.7. The average molecular weight is 265 g/mol.